The largest absolute Gasteiger partial charge is 0.465 e. The minimum Gasteiger partial charge on any atom is -0.465 e. The fraction of sp³-hybridized carbons (Fsp3) is 0.600. The van der Waals surface area contributed by atoms with Crippen LogP contribution in [0.4, 0.5) is 0 Å². The predicted octanol–water partition coefficient (Wildman–Crippen LogP) is 4.04. The molecule has 96 valence electrons. The summed E-state index contributed by atoms with van der Waals surface area (Å²) in [6.45, 7) is 9.06. The number of hydrogen-bond acceptors (Lipinski definition) is 2. The lowest BCUT2D eigenvalue weighted by Crippen LogP contribution is -2.15. The molecule has 0 aliphatic rings. The SMILES string of the molecule is CCOC(C)Oc1ccc(CCC(C)C)cc1. The van der Waals surface area contributed by atoms with Gasteiger partial charge in [-0.15, -0.1) is 0 Å². The Hall–Kier alpha value is -1.02. The first-order valence-electron chi connectivity index (χ1n) is 6.49. The van der Waals surface area contributed by atoms with Crippen LogP contribution >= 0.6 is 0 Å². The van der Waals surface area contributed by atoms with Crippen molar-refractivity contribution in [2.75, 3.05) is 6.61 Å². The van der Waals surface area contributed by atoms with E-state index >= 15 is 0 Å². The standard InChI is InChI=1S/C15H24O2/c1-5-16-13(4)17-15-10-8-14(9-11-15)7-6-12(2)3/h8-13H,5-7H2,1-4H3. The minimum atomic E-state index is -0.179. The summed E-state index contributed by atoms with van der Waals surface area (Å²) in [7, 11) is 0. The molecule has 0 aromatic heterocycles. The summed E-state index contributed by atoms with van der Waals surface area (Å²) in [5, 5.41) is 0. The quantitative estimate of drug-likeness (QED) is 0.665. The predicted molar refractivity (Wildman–Crippen MR) is 71.3 cm³/mol. The maximum absolute atomic E-state index is 5.61. The lowest BCUT2D eigenvalue weighted by molar-refractivity contribution is -0.0613. The summed E-state index contributed by atoms with van der Waals surface area (Å²) in [6.07, 6.45) is 2.19. The van der Waals surface area contributed by atoms with Crippen LogP contribution in [0.2, 0.25) is 0 Å². The van der Waals surface area contributed by atoms with Crippen molar-refractivity contribution in [2.24, 2.45) is 5.92 Å². The van der Waals surface area contributed by atoms with Crippen LogP contribution in [0.15, 0.2) is 24.3 Å². The normalized spacial score (nSPS) is 12.8. The Balaban J connectivity index is 2.44. The molecule has 0 N–H and O–H groups in total. The molecule has 2 heteroatoms. The third kappa shape index (κ3) is 5.73. The maximum atomic E-state index is 5.61. The molecule has 0 saturated carbocycles. The number of ether oxygens (including phenoxy) is 2. The van der Waals surface area contributed by atoms with Crippen LogP contribution in [-0.4, -0.2) is 12.9 Å². The first-order chi connectivity index (χ1) is 8.11. The van der Waals surface area contributed by atoms with Crippen LogP contribution in [-0.2, 0) is 11.2 Å². The molecule has 1 aromatic carbocycles. The van der Waals surface area contributed by atoms with Crippen molar-refractivity contribution in [1.29, 1.82) is 0 Å². The Bertz CT molecular complexity index is 303. The molecule has 0 fully saturated rings. The number of benzene rings is 1. The maximum Gasteiger partial charge on any atom is 0.196 e. The Morgan fingerprint density at radius 2 is 1.71 bits per heavy atom. The van der Waals surface area contributed by atoms with E-state index in [2.05, 4.69) is 26.0 Å². The van der Waals surface area contributed by atoms with Gasteiger partial charge in [0.25, 0.3) is 0 Å². The van der Waals surface area contributed by atoms with Crippen molar-refractivity contribution < 1.29 is 9.47 Å². The van der Waals surface area contributed by atoms with Crippen molar-refractivity contribution in [2.45, 2.75) is 46.8 Å². The average molecular weight is 236 g/mol. The van der Waals surface area contributed by atoms with E-state index < -0.39 is 0 Å². The second-order valence-corrected chi connectivity index (χ2v) is 4.72. The Labute approximate surface area is 105 Å². The van der Waals surface area contributed by atoms with Gasteiger partial charge in [0.2, 0.25) is 0 Å². The summed E-state index contributed by atoms with van der Waals surface area (Å²) < 4.78 is 10.9. The van der Waals surface area contributed by atoms with Gasteiger partial charge in [0, 0.05) is 6.61 Å². The van der Waals surface area contributed by atoms with Crippen LogP contribution in [0, 0.1) is 5.92 Å². The lowest BCUT2D eigenvalue weighted by Gasteiger charge is -2.14. The van der Waals surface area contributed by atoms with Crippen LogP contribution in [0.5, 0.6) is 5.75 Å². The van der Waals surface area contributed by atoms with Crippen molar-refractivity contribution in [1.82, 2.24) is 0 Å². The van der Waals surface area contributed by atoms with Crippen LogP contribution < -0.4 is 4.74 Å². The third-order valence-electron chi connectivity index (χ3n) is 2.64. The molecule has 0 heterocycles. The van der Waals surface area contributed by atoms with Gasteiger partial charge in [0.05, 0.1) is 0 Å². The first-order valence-corrected chi connectivity index (χ1v) is 6.49. The Morgan fingerprint density at radius 3 is 2.24 bits per heavy atom. The molecule has 0 radical (unpaired) electrons. The van der Waals surface area contributed by atoms with Gasteiger partial charge < -0.3 is 9.47 Å². The summed E-state index contributed by atoms with van der Waals surface area (Å²) in [6, 6.07) is 8.31. The van der Waals surface area contributed by atoms with Gasteiger partial charge in [-0.05, 0) is 50.3 Å². The van der Waals surface area contributed by atoms with E-state index in [1.165, 1.54) is 12.0 Å². The van der Waals surface area contributed by atoms with Crippen molar-refractivity contribution >= 4 is 0 Å². The van der Waals surface area contributed by atoms with Crippen molar-refractivity contribution in [3.8, 4) is 5.75 Å². The second-order valence-electron chi connectivity index (χ2n) is 4.72. The molecular weight excluding hydrogens is 212 g/mol. The molecule has 2 nitrogen and oxygen atoms in total. The van der Waals surface area contributed by atoms with E-state index in [1.54, 1.807) is 0 Å². The number of hydrogen-bond donors (Lipinski definition) is 0. The molecule has 17 heavy (non-hydrogen) atoms. The van der Waals surface area contributed by atoms with E-state index in [4.69, 9.17) is 9.47 Å². The monoisotopic (exact) mass is 236 g/mol. The van der Waals surface area contributed by atoms with Gasteiger partial charge >= 0.3 is 0 Å². The summed E-state index contributed by atoms with van der Waals surface area (Å²) in [4.78, 5) is 0. The number of rotatable bonds is 7. The van der Waals surface area contributed by atoms with E-state index in [0.29, 0.717) is 6.61 Å². The van der Waals surface area contributed by atoms with Gasteiger partial charge in [0.15, 0.2) is 6.29 Å². The van der Waals surface area contributed by atoms with Gasteiger partial charge in [-0.1, -0.05) is 26.0 Å². The zero-order valence-corrected chi connectivity index (χ0v) is 11.4. The van der Waals surface area contributed by atoms with Crippen LogP contribution in [0.25, 0.3) is 0 Å². The smallest absolute Gasteiger partial charge is 0.196 e. The summed E-state index contributed by atoms with van der Waals surface area (Å²) in [5.74, 6) is 1.63. The van der Waals surface area contributed by atoms with E-state index in [1.807, 2.05) is 26.0 Å². The molecule has 1 rings (SSSR count). The molecule has 1 unspecified atom stereocenters. The average Bonchev–Trinajstić information content (AvgIpc) is 2.28. The highest BCUT2D eigenvalue weighted by molar-refractivity contribution is 5.27. The highest BCUT2D eigenvalue weighted by Crippen LogP contribution is 2.16. The zero-order valence-electron chi connectivity index (χ0n) is 11.4. The Morgan fingerprint density at radius 1 is 1.06 bits per heavy atom. The van der Waals surface area contributed by atoms with E-state index in [-0.39, 0.29) is 6.29 Å². The fourth-order valence-corrected chi connectivity index (χ4v) is 1.65. The lowest BCUT2D eigenvalue weighted by atomic mass is 10.0. The molecule has 0 aliphatic heterocycles. The molecule has 0 aliphatic carbocycles. The molecule has 0 bridgehead atoms. The highest BCUT2D eigenvalue weighted by Gasteiger charge is 2.03. The summed E-state index contributed by atoms with van der Waals surface area (Å²) >= 11 is 0. The van der Waals surface area contributed by atoms with Gasteiger partial charge in [-0.3, -0.25) is 0 Å². The Kier molecular flexibility index (Phi) is 6.06. The molecule has 1 aromatic rings. The van der Waals surface area contributed by atoms with Crippen molar-refractivity contribution in [3.63, 3.8) is 0 Å². The zero-order chi connectivity index (χ0) is 12.7. The second kappa shape index (κ2) is 7.33. The van der Waals surface area contributed by atoms with Gasteiger partial charge in [-0.25, -0.2) is 0 Å². The molecule has 0 spiro atoms. The minimum absolute atomic E-state index is 0.179. The third-order valence-corrected chi connectivity index (χ3v) is 2.64. The van der Waals surface area contributed by atoms with E-state index in [0.717, 1.165) is 18.1 Å². The topological polar surface area (TPSA) is 18.5 Å². The van der Waals surface area contributed by atoms with Gasteiger partial charge in [0.1, 0.15) is 5.75 Å². The summed E-state index contributed by atoms with van der Waals surface area (Å²) in [5.41, 5.74) is 1.37. The van der Waals surface area contributed by atoms with Crippen molar-refractivity contribution in [3.05, 3.63) is 29.8 Å². The molecule has 0 amide bonds. The number of aryl methyl sites for hydroxylation is 1. The van der Waals surface area contributed by atoms with Crippen LogP contribution in [0.3, 0.4) is 0 Å². The van der Waals surface area contributed by atoms with E-state index in [9.17, 15) is 0 Å². The molecular formula is C15H24O2. The molecule has 1 atom stereocenters. The first kappa shape index (κ1) is 14.0. The molecule has 0 saturated heterocycles. The van der Waals surface area contributed by atoms with Crippen LogP contribution in [0.1, 0.15) is 39.7 Å². The van der Waals surface area contributed by atoms with Gasteiger partial charge in [-0.2, -0.15) is 0 Å². The fourth-order valence-electron chi connectivity index (χ4n) is 1.65. The highest BCUT2D eigenvalue weighted by atomic mass is 16.7.